The summed E-state index contributed by atoms with van der Waals surface area (Å²) in [6, 6.07) is 5.34. The van der Waals surface area contributed by atoms with E-state index in [2.05, 4.69) is 9.84 Å². The third-order valence-electron chi connectivity index (χ3n) is 7.42. The van der Waals surface area contributed by atoms with Crippen LogP contribution in [0.3, 0.4) is 0 Å². The smallest absolute Gasteiger partial charge is 0.197 e. The molecule has 2 aliphatic rings. The fourth-order valence-electron chi connectivity index (χ4n) is 5.39. The first-order valence-corrected chi connectivity index (χ1v) is 13.8. The summed E-state index contributed by atoms with van der Waals surface area (Å²) in [5, 5.41) is 8.70. The molecule has 0 unspecified atom stereocenters. The van der Waals surface area contributed by atoms with Crippen molar-refractivity contribution >= 4 is 17.3 Å². The maximum absolute atomic E-state index is 15.5. The van der Waals surface area contributed by atoms with Crippen LogP contribution in [0.25, 0.3) is 0 Å². The Hall–Kier alpha value is -3.40. The topological polar surface area (TPSA) is 84.3 Å². The highest BCUT2D eigenvalue weighted by atomic mass is 19.3. The zero-order valence-corrected chi connectivity index (χ0v) is 24.2. The minimum absolute atomic E-state index is 0.0161. The summed E-state index contributed by atoms with van der Waals surface area (Å²) in [4.78, 5) is 21.4. The number of Topliss-reactive ketones (excluding diaryl/α,β-unsaturated/α-hetero) is 1. The van der Waals surface area contributed by atoms with Crippen molar-refractivity contribution in [2.75, 3.05) is 44.9 Å². The van der Waals surface area contributed by atoms with Gasteiger partial charge in [-0.2, -0.15) is 4.94 Å². The van der Waals surface area contributed by atoms with E-state index in [0.717, 1.165) is 11.3 Å². The molecule has 0 aromatic heterocycles. The van der Waals surface area contributed by atoms with Gasteiger partial charge in [0.1, 0.15) is 17.7 Å². The largest absolute Gasteiger partial charge is 0.494 e. The Bertz CT molecular complexity index is 1270. The first-order chi connectivity index (χ1) is 19.0. The molecule has 10 heteroatoms. The molecule has 218 valence electrons. The number of carbonyl (C=O) groups is 1. The number of amidine groups is 1. The van der Waals surface area contributed by atoms with Gasteiger partial charge >= 0.3 is 0 Å². The molecule has 2 aromatic rings. The van der Waals surface area contributed by atoms with Crippen molar-refractivity contribution in [2.45, 2.75) is 65.5 Å². The molecule has 2 heterocycles. The van der Waals surface area contributed by atoms with Crippen LogP contribution in [-0.4, -0.2) is 62.6 Å². The van der Waals surface area contributed by atoms with Gasteiger partial charge in [-0.3, -0.25) is 10.2 Å². The molecule has 4 rings (SSSR count). The Morgan fingerprint density at radius 1 is 1.07 bits per heavy atom. The maximum Gasteiger partial charge on any atom is 0.197 e. The first kappa shape index (κ1) is 29.6. The average Bonchev–Trinajstić information content (AvgIpc) is 3.24. The normalized spacial score (nSPS) is 15.8. The predicted molar refractivity (Wildman–Crippen MR) is 149 cm³/mol. The van der Waals surface area contributed by atoms with Gasteiger partial charge in [-0.1, -0.05) is 20.8 Å². The van der Waals surface area contributed by atoms with Crippen LogP contribution in [-0.2, 0) is 16.9 Å². The third-order valence-corrected chi connectivity index (χ3v) is 7.42. The number of benzene rings is 2. The fraction of sp³-hybridized carbons (Fsp3) is 0.533. The van der Waals surface area contributed by atoms with Crippen molar-refractivity contribution in [1.29, 1.82) is 5.41 Å². The molecule has 0 amide bonds. The van der Waals surface area contributed by atoms with Gasteiger partial charge in [-0.25, -0.2) is 4.39 Å². The summed E-state index contributed by atoms with van der Waals surface area (Å²) in [6.45, 7) is 11.5. The highest BCUT2D eigenvalue weighted by molar-refractivity contribution is 6.06. The highest BCUT2D eigenvalue weighted by Gasteiger charge is 2.34. The summed E-state index contributed by atoms with van der Waals surface area (Å²) in [5.41, 5.74) is 2.48. The van der Waals surface area contributed by atoms with Crippen molar-refractivity contribution in [3.05, 3.63) is 46.3 Å². The van der Waals surface area contributed by atoms with E-state index in [-0.39, 0.29) is 53.8 Å². The molecule has 40 heavy (non-hydrogen) atoms. The number of halogens is 2. The molecule has 1 N–H and O–H groups in total. The van der Waals surface area contributed by atoms with E-state index in [4.69, 9.17) is 19.6 Å². The van der Waals surface area contributed by atoms with Crippen LogP contribution in [0, 0.1) is 11.2 Å². The zero-order valence-electron chi connectivity index (χ0n) is 24.2. The third kappa shape index (κ3) is 5.73. The van der Waals surface area contributed by atoms with Crippen LogP contribution in [0.2, 0.25) is 0 Å². The van der Waals surface area contributed by atoms with E-state index in [1.807, 2.05) is 26.8 Å². The lowest BCUT2D eigenvalue weighted by molar-refractivity contribution is -0.183. The number of ketones is 1. The second-order valence-corrected chi connectivity index (χ2v) is 11.1. The number of hydrogen-bond acceptors (Lipinski definition) is 7. The van der Waals surface area contributed by atoms with Crippen LogP contribution in [0.1, 0.15) is 74.5 Å². The number of nitrogens with one attached hydrogen (secondary N) is 1. The SMILES string of the molecule is CCOc1cc2c(c(F)c1OCC)C(=N)N(CC(=O)c1cc(N3CCC(OF)CC3)c(OC)c(C(C)(C)C)c1)C2. The molecule has 0 aliphatic carbocycles. The van der Waals surface area contributed by atoms with E-state index in [1.165, 1.54) is 0 Å². The Kier molecular flexibility index (Phi) is 8.87. The van der Waals surface area contributed by atoms with Gasteiger partial charge in [0.15, 0.2) is 23.1 Å². The van der Waals surface area contributed by atoms with Crippen LogP contribution in [0.5, 0.6) is 17.2 Å². The lowest BCUT2D eigenvalue weighted by Crippen LogP contribution is -2.37. The van der Waals surface area contributed by atoms with Gasteiger partial charge in [-0.05, 0) is 60.4 Å². The summed E-state index contributed by atoms with van der Waals surface area (Å²) >= 11 is 0. The summed E-state index contributed by atoms with van der Waals surface area (Å²) in [7, 11) is 1.61. The van der Waals surface area contributed by atoms with E-state index >= 15 is 4.39 Å². The first-order valence-electron chi connectivity index (χ1n) is 13.8. The quantitative estimate of drug-likeness (QED) is 0.367. The second-order valence-electron chi connectivity index (χ2n) is 11.1. The Labute approximate surface area is 234 Å². The lowest BCUT2D eigenvalue weighted by Gasteiger charge is -2.35. The molecular weight excluding hydrogens is 520 g/mol. The van der Waals surface area contributed by atoms with E-state index in [0.29, 0.717) is 49.4 Å². The number of rotatable bonds is 10. The number of hydrogen-bond donors (Lipinski definition) is 1. The number of anilines is 1. The minimum Gasteiger partial charge on any atom is -0.494 e. The van der Waals surface area contributed by atoms with E-state index in [9.17, 15) is 9.32 Å². The van der Waals surface area contributed by atoms with Gasteiger partial charge in [0.25, 0.3) is 0 Å². The van der Waals surface area contributed by atoms with Crippen molar-refractivity contribution in [1.82, 2.24) is 4.90 Å². The number of ether oxygens (including phenoxy) is 3. The van der Waals surface area contributed by atoms with Crippen LogP contribution < -0.4 is 19.1 Å². The minimum atomic E-state index is -0.648. The summed E-state index contributed by atoms with van der Waals surface area (Å²) in [5.74, 6) is 0.0344. The Balaban J connectivity index is 1.66. The van der Waals surface area contributed by atoms with Crippen molar-refractivity contribution < 1.29 is 32.9 Å². The molecule has 1 fully saturated rings. The number of nitrogens with zero attached hydrogens (tertiary/aromatic N) is 2. The molecule has 2 aromatic carbocycles. The van der Waals surface area contributed by atoms with E-state index < -0.39 is 11.9 Å². The molecule has 0 spiro atoms. The van der Waals surface area contributed by atoms with Crippen molar-refractivity contribution in [3.63, 3.8) is 0 Å². The fourth-order valence-corrected chi connectivity index (χ4v) is 5.39. The van der Waals surface area contributed by atoms with Crippen molar-refractivity contribution in [2.24, 2.45) is 0 Å². The maximum atomic E-state index is 15.5. The monoisotopic (exact) mass is 559 g/mol. The molecule has 1 saturated heterocycles. The Morgan fingerprint density at radius 2 is 1.75 bits per heavy atom. The standard InChI is InChI=1S/C30H39F2N3O5/c1-7-38-24-15-19-16-35(29(33)25(19)26(31)28(24)39-8-2)17-23(36)18-13-21(30(3,4)5)27(37-6)22(14-18)34-11-9-20(40-32)10-12-34/h13-15,20,33H,7-12,16-17H2,1-6H3. The molecule has 2 aliphatic heterocycles. The number of fused-ring (bicyclic) bond motifs is 1. The van der Waals surface area contributed by atoms with Crippen LogP contribution >= 0.6 is 0 Å². The molecule has 0 bridgehead atoms. The summed E-state index contributed by atoms with van der Waals surface area (Å²) < 4.78 is 45.2. The summed E-state index contributed by atoms with van der Waals surface area (Å²) in [6.07, 6.45) is 0.597. The number of piperidine rings is 1. The molecular formula is C30H39F2N3O5. The molecule has 0 radical (unpaired) electrons. The van der Waals surface area contributed by atoms with Crippen LogP contribution in [0.4, 0.5) is 14.6 Å². The number of carbonyl (C=O) groups excluding carboxylic acids is 1. The predicted octanol–water partition coefficient (Wildman–Crippen LogP) is 5.82. The van der Waals surface area contributed by atoms with Gasteiger partial charge in [0.05, 0.1) is 38.1 Å². The van der Waals surface area contributed by atoms with Gasteiger partial charge in [0.2, 0.25) is 0 Å². The van der Waals surface area contributed by atoms with E-state index in [1.54, 1.807) is 38.0 Å². The highest BCUT2D eigenvalue weighted by Crippen LogP contribution is 2.42. The average molecular weight is 560 g/mol. The van der Waals surface area contributed by atoms with Gasteiger partial charge in [0, 0.05) is 30.8 Å². The second kappa shape index (κ2) is 12.0. The van der Waals surface area contributed by atoms with Crippen molar-refractivity contribution in [3.8, 4) is 17.2 Å². The number of methoxy groups -OCH3 is 1. The lowest BCUT2D eigenvalue weighted by atomic mass is 9.84. The Morgan fingerprint density at radius 3 is 2.33 bits per heavy atom. The zero-order chi connectivity index (χ0) is 29.2. The molecule has 8 nitrogen and oxygen atoms in total. The molecule has 0 atom stereocenters. The van der Waals surface area contributed by atoms with Gasteiger partial charge < -0.3 is 24.0 Å². The van der Waals surface area contributed by atoms with Crippen LogP contribution in [0.15, 0.2) is 18.2 Å². The molecule has 0 saturated carbocycles. The van der Waals surface area contributed by atoms with Gasteiger partial charge in [-0.15, -0.1) is 0 Å².